The van der Waals surface area contributed by atoms with Gasteiger partial charge in [0.2, 0.25) is 5.91 Å². The number of rotatable bonds is 9. The van der Waals surface area contributed by atoms with E-state index in [-0.39, 0.29) is 11.9 Å². The van der Waals surface area contributed by atoms with Crippen LogP contribution in [0.1, 0.15) is 48.9 Å². The number of nitrogens with zero attached hydrogens (tertiary/aromatic N) is 2. The van der Waals surface area contributed by atoms with Crippen molar-refractivity contribution < 1.29 is 9.53 Å². The molecule has 0 aliphatic heterocycles. The molecule has 7 heteroatoms. The summed E-state index contributed by atoms with van der Waals surface area (Å²) >= 11 is 0. The minimum Gasteiger partial charge on any atom is -0.457 e. The normalized spacial score (nSPS) is 17.4. The molecule has 180 valence electrons. The first-order chi connectivity index (χ1) is 17.0. The Morgan fingerprint density at radius 3 is 2.43 bits per heavy atom. The van der Waals surface area contributed by atoms with Crippen LogP contribution in [0.4, 0.5) is 5.82 Å². The molecule has 1 fully saturated rings. The van der Waals surface area contributed by atoms with E-state index in [9.17, 15) is 4.79 Å². The number of nitrogen functional groups attached to an aromatic ring is 1. The van der Waals surface area contributed by atoms with E-state index in [1.807, 2.05) is 54.6 Å². The number of benzene rings is 2. The maximum Gasteiger partial charge on any atom is 0.243 e. The highest BCUT2D eigenvalue weighted by Crippen LogP contribution is 2.29. The van der Waals surface area contributed by atoms with Crippen LogP contribution < -0.4 is 15.8 Å². The molecule has 0 unspecified atom stereocenters. The molecule has 0 radical (unpaired) electrons. The van der Waals surface area contributed by atoms with Gasteiger partial charge in [0.1, 0.15) is 23.6 Å². The number of nitrogens with one attached hydrogen (secondary N) is 2. The molecule has 1 aromatic heterocycles. The standard InChI is InChI=1S/C28H31N5O2/c1-2-25(34)33-21-13-8-19(9-14-21)10-17-24-26(28(30)32-18-31-24)27(29)20-11-15-23(16-12-20)35-22-6-4-3-5-7-22/h2-7,11-12,15-16,18-19,21,29H,1,8-10,13-14,17H2,(H,33,34)(H2,30,31,32). The number of amides is 1. The number of carbonyl (C=O) groups excluding carboxylic acids is 1. The fourth-order valence-electron chi connectivity index (χ4n) is 4.55. The van der Waals surface area contributed by atoms with E-state index in [1.54, 1.807) is 0 Å². The van der Waals surface area contributed by atoms with Gasteiger partial charge in [-0.3, -0.25) is 10.2 Å². The van der Waals surface area contributed by atoms with Gasteiger partial charge in [-0.2, -0.15) is 0 Å². The number of nitrogens with two attached hydrogens (primary N) is 1. The van der Waals surface area contributed by atoms with Gasteiger partial charge >= 0.3 is 0 Å². The fraction of sp³-hybridized carbons (Fsp3) is 0.286. The molecule has 1 amide bonds. The molecule has 4 N–H and O–H groups in total. The average molecular weight is 470 g/mol. The van der Waals surface area contributed by atoms with Crippen molar-refractivity contribution in [2.75, 3.05) is 5.73 Å². The zero-order valence-corrected chi connectivity index (χ0v) is 19.7. The molecule has 1 saturated carbocycles. The number of ether oxygens (including phenoxy) is 1. The van der Waals surface area contributed by atoms with Crippen LogP contribution in [0, 0.1) is 11.3 Å². The van der Waals surface area contributed by atoms with E-state index in [0.29, 0.717) is 28.8 Å². The summed E-state index contributed by atoms with van der Waals surface area (Å²) in [5.74, 6) is 2.23. The van der Waals surface area contributed by atoms with Crippen molar-refractivity contribution in [3.8, 4) is 11.5 Å². The summed E-state index contributed by atoms with van der Waals surface area (Å²) in [5.41, 5.74) is 8.64. The zero-order valence-electron chi connectivity index (χ0n) is 19.7. The van der Waals surface area contributed by atoms with E-state index in [0.717, 1.165) is 55.5 Å². The lowest BCUT2D eigenvalue weighted by Crippen LogP contribution is -2.36. The lowest BCUT2D eigenvalue weighted by atomic mass is 9.82. The van der Waals surface area contributed by atoms with Gasteiger partial charge in [-0.15, -0.1) is 0 Å². The summed E-state index contributed by atoms with van der Waals surface area (Å²) in [5, 5.41) is 11.8. The third-order valence-corrected chi connectivity index (χ3v) is 6.49. The van der Waals surface area contributed by atoms with E-state index < -0.39 is 0 Å². The lowest BCUT2D eigenvalue weighted by molar-refractivity contribution is -0.117. The van der Waals surface area contributed by atoms with Gasteiger partial charge in [0.25, 0.3) is 0 Å². The molecule has 0 saturated heterocycles. The van der Waals surface area contributed by atoms with Crippen LogP contribution in [0.2, 0.25) is 0 Å². The van der Waals surface area contributed by atoms with E-state index >= 15 is 0 Å². The van der Waals surface area contributed by atoms with Gasteiger partial charge in [0.05, 0.1) is 17.0 Å². The molecule has 0 atom stereocenters. The molecule has 4 rings (SSSR count). The van der Waals surface area contributed by atoms with Crippen molar-refractivity contribution in [3.05, 3.63) is 90.4 Å². The number of anilines is 1. The van der Waals surface area contributed by atoms with Crippen LogP contribution in [0.15, 0.2) is 73.6 Å². The molecule has 1 heterocycles. The molecule has 3 aromatic rings. The number of para-hydroxylation sites is 1. The maximum absolute atomic E-state index is 11.5. The fourth-order valence-corrected chi connectivity index (χ4v) is 4.55. The highest BCUT2D eigenvalue weighted by Gasteiger charge is 2.23. The van der Waals surface area contributed by atoms with Crippen molar-refractivity contribution in [2.24, 2.45) is 5.92 Å². The summed E-state index contributed by atoms with van der Waals surface area (Å²) in [4.78, 5) is 20.2. The molecule has 35 heavy (non-hydrogen) atoms. The second-order valence-electron chi connectivity index (χ2n) is 8.86. The van der Waals surface area contributed by atoms with E-state index in [2.05, 4.69) is 21.9 Å². The molecule has 1 aliphatic rings. The van der Waals surface area contributed by atoms with Crippen LogP contribution in [0.5, 0.6) is 11.5 Å². The van der Waals surface area contributed by atoms with Gasteiger partial charge in [0.15, 0.2) is 0 Å². The van der Waals surface area contributed by atoms with Gasteiger partial charge in [0, 0.05) is 11.6 Å². The highest BCUT2D eigenvalue weighted by molar-refractivity contribution is 6.14. The molecule has 7 nitrogen and oxygen atoms in total. The van der Waals surface area contributed by atoms with E-state index in [4.69, 9.17) is 15.9 Å². The molecule has 0 spiro atoms. The van der Waals surface area contributed by atoms with Crippen LogP contribution >= 0.6 is 0 Å². The first-order valence-corrected chi connectivity index (χ1v) is 12.0. The van der Waals surface area contributed by atoms with Crippen LogP contribution in [-0.4, -0.2) is 27.6 Å². The number of hydrogen-bond acceptors (Lipinski definition) is 6. The lowest BCUT2D eigenvalue weighted by Gasteiger charge is -2.29. The summed E-state index contributed by atoms with van der Waals surface area (Å²) in [6, 6.07) is 17.2. The third kappa shape index (κ3) is 6.32. The second-order valence-corrected chi connectivity index (χ2v) is 8.86. The Balaban J connectivity index is 1.39. The summed E-state index contributed by atoms with van der Waals surface area (Å²) in [7, 11) is 0. The predicted molar refractivity (Wildman–Crippen MR) is 138 cm³/mol. The second kappa shape index (κ2) is 11.4. The number of carbonyl (C=O) groups is 1. The Morgan fingerprint density at radius 1 is 1.06 bits per heavy atom. The largest absolute Gasteiger partial charge is 0.457 e. The zero-order chi connectivity index (χ0) is 24.6. The number of hydrogen-bond donors (Lipinski definition) is 3. The smallest absolute Gasteiger partial charge is 0.243 e. The Labute approximate surface area is 206 Å². The van der Waals surface area contributed by atoms with Gasteiger partial charge < -0.3 is 15.8 Å². The van der Waals surface area contributed by atoms with Crippen molar-refractivity contribution in [1.82, 2.24) is 15.3 Å². The quantitative estimate of drug-likeness (QED) is 0.299. The monoisotopic (exact) mass is 469 g/mol. The Bertz CT molecular complexity index is 1170. The van der Waals surface area contributed by atoms with Gasteiger partial charge in [-0.05, 0) is 86.9 Å². The average Bonchev–Trinajstić information content (AvgIpc) is 2.89. The van der Waals surface area contributed by atoms with Crippen molar-refractivity contribution in [2.45, 2.75) is 44.6 Å². The predicted octanol–water partition coefficient (Wildman–Crippen LogP) is 5.06. The first kappa shape index (κ1) is 24.1. The first-order valence-electron chi connectivity index (χ1n) is 12.0. The van der Waals surface area contributed by atoms with Crippen LogP contribution in [0.25, 0.3) is 0 Å². The minimum absolute atomic E-state index is 0.104. The molecule has 2 aromatic carbocycles. The SMILES string of the molecule is C=CC(=O)NC1CCC(CCc2ncnc(N)c2C(=N)c2ccc(Oc3ccccc3)cc2)CC1. The Hall–Kier alpha value is -4.00. The van der Waals surface area contributed by atoms with E-state index in [1.165, 1.54) is 12.4 Å². The third-order valence-electron chi connectivity index (χ3n) is 6.49. The molecule has 1 aliphatic carbocycles. The topological polar surface area (TPSA) is 114 Å². The summed E-state index contributed by atoms with van der Waals surface area (Å²) in [6.07, 6.45) is 8.53. The Kier molecular flexibility index (Phi) is 7.88. The van der Waals surface area contributed by atoms with Crippen molar-refractivity contribution in [1.29, 1.82) is 5.41 Å². The molecule has 0 bridgehead atoms. The van der Waals surface area contributed by atoms with Gasteiger partial charge in [-0.25, -0.2) is 9.97 Å². The highest BCUT2D eigenvalue weighted by atomic mass is 16.5. The Morgan fingerprint density at radius 2 is 1.74 bits per heavy atom. The molecular weight excluding hydrogens is 438 g/mol. The number of aromatic nitrogens is 2. The van der Waals surface area contributed by atoms with Crippen LogP contribution in [-0.2, 0) is 11.2 Å². The van der Waals surface area contributed by atoms with Crippen molar-refractivity contribution >= 4 is 17.4 Å². The maximum atomic E-state index is 11.5. The number of aryl methyl sites for hydroxylation is 1. The molecular formula is C28H31N5O2. The summed E-state index contributed by atoms with van der Waals surface area (Å²) in [6.45, 7) is 3.52. The summed E-state index contributed by atoms with van der Waals surface area (Å²) < 4.78 is 5.86. The minimum atomic E-state index is -0.104. The van der Waals surface area contributed by atoms with Gasteiger partial charge in [-0.1, -0.05) is 24.8 Å². The van der Waals surface area contributed by atoms with Crippen molar-refractivity contribution in [3.63, 3.8) is 0 Å². The van der Waals surface area contributed by atoms with Crippen LogP contribution in [0.3, 0.4) is 0 Å².